The van der Waals surface area contributed by atoms with Gasteiger partial charge >= 0.3 is 5.97 Å². The van der Waals surface area contributed by atoms with Crippen molar-refractivity contribution in [3.05, 3.63) is 23.3 Å². The molecule has 6 N–H and O–H groups in total. The van der Waals surface area contributed by atoms with Gasteiger partial charge in [0.1, 0.15) is 24.4 Å². The summed E-state index contributed by atoms with van der Waals surface area (Å²) in [5.41, 5.74) is 1.83. The van der Waals surface area contributed by atoms with Crippen molar-refractivity contribution < 1.29 is 44.5 Å². The van der Waals surface area contributed by atoms with E-state index in [1.54, 1.807) is 6.07 Å². The van der Waals surface area contributed by atoms with E-state index in [1.165, 1.54) is 0 Å². The summed E-state index contributed by atoms with van der Waals surface area (Å²) in [7, 11) is 0. The Hall–Kier alpha value is -1.95. The molecule has 2 bridgehead atoms. The Bertz CT molecular complexity index is 956. The van der Waals surface area contributed by atoms with Crippen LogP contribution in [0.25, 0.3) is 0 Å². The average molecular weight is 449 g/mol. The van der Waals surface area contributed by atoms with Crippen LogP contribution >= 0.6 is 0 Å². The molecule has 3 fully saturated rings. The van der Waals surface area contributed by atoms with E-state index in [1.807, 2.05) is 6.07 Å². The molecular weight excluding hydrogens is 422 g/mol. The van der Waals surface area contributed by atoms with Crippen LogP contribution in [0.3, 0.4) is 0 Å². The quantitative estimate of drug-likeness (QED) is 0.338. The number of aliphatic hydroxyl groups excluding tert-OH is 3. The fourth-order valence-corrected chi connectivity index (χ4v) is 6.89. The number of carboxylic acid groups (broad SMARTS) is 1. The summed E-state index contributed by atoms with van der Waals surface area (Å²) in [6.45, 7) is 0.802. The highest BCUT2D eigenvalue weighted by Crippen LogP contribution is 2.63. The lowest BCUT2D eigenvalue weighted by Gasteiger charge is -2.57. The molecule has 2 aliphatic carbocycles. The highest BCUT2D eigenvalue weighted by molar-refractivity contribution is 5.73. The van der Waals surface area contributed by atoms with E-state index in [2.05, 4.69) is 5.32 Å². The van der Waals surface area contributed by atoms with E-state index in [-0.39, 0.29) is 11.2 Å². The first-order valence-electron chi connectivity index (χ1n) is 11.2. The van der Waals surface area contributed by atoms with Crippen molar-refractivity contribution >= 4 is 5.97 Å². The molecule has 174 valence electrons. The zero-order chi connectivity index (χ0) is 22.4. The first-order chi connectivity index (χ1) is 15.3. The minimum atomic E-state index is -1.77. The molecule has 0 unspecified atom stereocenters. The summed E-state index contributed by atoms with van der Waals surface area (Å²) in [4.78, 5) is 11.5. The minimum absolute atomic E-state index is 0.0837. The maximum atomic E-state index is 11.5. The normalized spacial score (nSPS) is 46.3. The van der Waals surface area contributed by atoms with Gasteiger partial charge in [0.15, 0.2) is 23.9 Å². The van der Waals surface area contributed by atoms with E-state index in [9.17, 15) is 30.3 Å². The van der Waals surface area contributed by atoms with E-state index < -0.39 is 48.9 Å². The number of phenolic OH excluding ortho intramolecular Hbond substituents is 1. The van der Waals surface area contributed by atoms with Crippen molar-refractivity contribution in [2.24, 2.45) is 5.92 Å². The number of hydrogen-bond acceptors (Lipinski definition) is 9. The van der Waals surface area contributed by atoms with Crippen LogP contribution < -0.4 is 10.1 Å². The molecule has 5 aliphatic rings. The number of aliphatic hydroxyl groups is 3. The highest BCUT2D eigenvalue weighted by Gasteiger charge is 2.65. The van der Waals surface area contributed by atoms with Crippen LogP contribution in [0.4, 0.5) is 0 Å². The van der Waals surface area contributed by atoms with Gasteiger partial charge in [-0.05, 0) is 49.8 Å². The smallest absolute Gasteiger partial charge is 0.335 e. The third-order valence-corrected chi connectivity index (χ3v) is 8.20. The Kier molecular flexibility index (Phi) is 4.53. The second-order valence-corrected chi connectivity index (χ2v) is 9.63. The molecule has 0 aromatic heterocycles. The van der Waals surface area contributed by atoms with E-state index in [4.69, 9.17) is 14.2 Å². The Morgan fingerprint density at radius 1 is 1.16 bits per heavy atom. The molecule has 6 rings (SSSR count). The molecular formula is C22H27NO9. The molecule has 10 atom stereocenters. The minimum Gasteiger partial charge on any atom is -0.504 e. The number of aliphatic carboxylic acids is 1. The van der Waals surface area contributed by atoms with Crippen LogP contribution in [0.15, 0.2) is 12.1 Å². The topological polar surface area (TPSA) is 158 Å². The molecule has 2 saturated heterocycles. The number of rotatable bonds is 3. The monoisotopic (exact) mass is 449 g/mol. The number of carbonyl (C=O) groups is 1. The van der Waals surface area contributed by atoms with Gasteiger partial charge < -0.3 is 45.1 Å². The number of benzene rings is 1. The van der Waals surface area contributed by atoms with Gasteiger partial charge in [-0.25, -0.2) is 4.79 Å². The van der Waals surface area contributed by atoms with Gasteiger partial charge in [-0.15, -0.1) is 0 Å². The SMILES string of the molecule is O=C(O)[C@@H]1O[C@@H](O[C@H]2CC[C@H]3[C@H]4Cc5ccc(O)c6c5[C@@]3(CCN4)[C@H]2O6)[C@@H](O)[C@@H](O)[C@@H]1O. The van der Waals surface area contributed by atoms with E-state index >= 15 is 0 Å². The Balaban J connectivity index is 1.35. The van der Waals surface area contributed by atoms with Crippen LogP contribution in [0.1, 0.15) is 30.4 Å². The van der Waals surface area contributed by atoms with E-state index in [0.717, 1.165) is 36.9 Å². The first-order valence-corrected chi connectivity index (χ1v) is 11.2. The van der Waals surface area contributed by atoms with E-state index in [0.29, 0.717) is 24.1 Å². The summed E-state index contributed by atoms with van der Waals surface area (Å²) in [6, 6.07) is 3.90. The first kappa shape index (κ1) is 20.6. The van der Waals surface area contributed by atoms with Gasteiger partial charge in [-0.1, -0.05) is 6.07 Å². The Morgan fingerprint density at radius 2 is 1.97 bits per heavy atom. The number of nitrogens with one attached hydrogen (secondary N) is 1. The van der Waals surface area contributed by atoms with Gasteiger partial charge in [0.2, 0.25) is 0 Å². The van der Waals surface area contributed by atoms with Gasteiger partial charge in [-0.2, -0.15) is 0 Å². The average Bonchev–Trinajstić information content (AvgIpc) is 3.11. The lowest BCUT2D eigenvalue weighted by molar-refractivity contribution is -0.314. The Labute approximate surface area is 183 Å². The molecule has 10 heteroatoms. The van der Waals surface area contributed by atoms with Crippen molar-refractivity contribution in [1.29, 1.82) is 0 Å². The lowest BCUT2D eigenvalue weighted by atomic mass is 9.52. The molecule has 0 radical (unpaired) electrons. The summed E-state index contributed by atoms with van der Waals surface area (Å²) >= 11 is 0. The fraction of sp³-hybridized carbons (Fsp3) is 0.682. The molecule has 3 aliphatic heterocycles. The van der Waals surface area contributed by atoms with Crippen LogP contribution in [-0.2, 0) is 26.1 Å². The van der Waals surface area contributed by atoms with Crippen molar-refractivity contribution in [2.75, 3.05) is 6.54 Å². The molecule has 1 aromatic rings. The summed E-state index contributed by atoms with van der Waals surface area (Å²) in [6.07, 6.45) is -6.19. The predicted octanol–water partition coefficient (Wildman–Crippen LogP) is -1.00. The summed E-state index contributed by atoms with van der Waals surface area (Å²) in [5, 5.41) is 54.1. The summed E-state index contributed by atoms with van der Waals surface area (Å²) in [5.74, 6) is -0.585. The third-order valence-electron chi connectivity index (χ3n) is 8.20. The number of ether oxygens (including phenoxy) is 3. The fourth-order valence-electron chi connectivity index (χ4n) is 6.89. The zero-order valence-corrected chi connectivity index (χ0v) is 17.3. The Morgan fingerprint density at radius 3 is 2.75 bits per heavy atom. The molecule has 1 saturated carbocycles. The van der Waals surface area contributed by atoms with Crippen molar-refractivity contribution in [3.8, 4) is 11.5 Å². The molecule has 10 nitrogen and oxygen atoms in total. The van der Waals surface area contributed by atoms with Crippen LogP contribution in [-0.4, -0.2) is 87.0 Å². The molecule has 3 heterocycles. The highest BCUT2D eigenvalue weighted by atomic mass is 16.7. The number of carboxylic acids is 1. The summed E-state index contributed by atoms with van der Waals surface area (Å²) < 4.78 is 17.8. The standard InChI is InChI=1S/C22H27NO9/c24-11-3-1-8-7-10-9-2-4-12(19-22(9,5-6-23-10)13(8)17(11)31-19)30-21-16(27)14(25)15(26)18(32-21)20(28)29/h1,3,9-10,12,14-16,18-19,21,23-27H,2,4-7H2,(H,28,29)/t9-,10+,12-,14-,15-,16-,18+,19-,21+,22-/m0/s1. The van der Waals surface area contributed by atoms with Gasteiger partial charge in [0, 0.05) is 17.0 Å². The second kappa shape index (κ2) is 7.02. The number of piperidine rings is 1. The largest absolute Gasteiger partial charge is 0.504 e. The number of hydrogen-bond donors (Lipinski definition) is 6. The molecule has 32 heavy (non-hydrogen) atoms. The zero-order valence-electron chi connectivity index (χ0n) is 17.3. The van der Waals surface area contributed by atoms with Crippen molar-refractivity contribution in [1.82, 2.24) is 5.32 Å². The van der Waals surface area contributed by atoms with Gasteiger partial charge in [0.25, 0.3) is 0 Å². The van der Waals surface area contributed by atoms with Crippen molar-refractivity contribution in [3.63, 3.8) is 0 Å². The van der Waals surface area contributed by atoms with Gasteiger partial charge in [0.05, 0.1) is 6.10 Å². The maximum absolute atomic E-state index is 11.5. The predicted molar refractivity (Wildman–Crippen MR) is 106 cm³/mol. The third kappa shape index (κ3) is 2.59. The van der Waals surface area contributed by atoms with Crippen LogP contribution in [0.5, 0.6) is 11.5 Å². The van der Waals surface area contributed by atoms with Gasteiger partial charge in [-0.3, -0.25) is 0 Å². The van der Waals surface area contributed by atoms with Crippen molar-refractivity contribution in [2.45, 2.75) is 80.1 Å². The lowest BCUT2D eigenvalue weighted by Crippen LogP contribution is -2.67. The molecule has 1 aromatic carbocycles. The van der Waals surface area contributed by atoms with Crippen LogP contribution in [0, 0.1) is 5.92 Å². The number of aromatic hydroxyl groups is 1. The molecule has 0 amide bonds. The molecule has 1 spiro atoms. The second-order valence-electron chi connectivity index (χ2n) is 9.63. The number of phenols is 1. The van der Waals surface area contributed by atoms with Crippen LogP contribution in [0.2, 0.25) is 0 Å². The maximum Gasteiger partial charge on any atom is 0.335 e.